The van der Waals surface area contributed by atoms with E-state index in [-0.39, 0.29) is 0 Å². The Morgan fingerprint density at radius 1 is 1.22 bits per heavy atom. The van der Waals surface area contributed by atoms with E-state index in [0.29, 0.717) is 24.2 Å². The van der Waals surface area contributed by atoms with Gasteiger partial charge in [-0.3, -0.25) is 0 Å². The first-order chi connectivity index (χ1) is 8.33. The summed E-state index contributed by atoms with van der Waals surface area (Å²) in [7, 11) is 0. The van der Waals surface area contributed by atoms with Gasteiger partial charge in [-0.1, -0.05) is 19.1 Å². The van der Waals surface area contributed by atoms with Crippen molar-refractivity contribution in [3.8, 4) is 0 Å². The average molecular weight is 261 g/mol. The Balaban J connectivity index is 2.85. The van der Waals surface area contributed by atoms with Gasteiger partial charge in [-0.15, -0.1) is 0 Å². The van der Waals surface area contributed by atoms with Gasteiger partial charge in [-0.05, 0) is 31.0 Å². The van der Waals surface area contributed by atoms with Crippen molar-refractivity contribution in [2.45, 2.75) is 32.5 Å². The Morgan fingerprint density at radius 3 is 2.17 bits per heavy atom. The lowest BCUT2D eigenvalue weighted by Gasteiger charge is -2.25. The highest BCUT2D eigenvalue weighted by Gasteiger charge is 2.30. The highest BCUT2D eigenvalue weighted by molar-refractivity contribution is 5.48. The molecular formula is C13H18F3NO. The normalized spacial score (nSPS) is 13.4. The zero-order valence-corrected chi connectivity index (χ0v) is 10.5. The number of anilines is 1. The number of nitrogens with zero attached hydrogens (tertiary/aromatic N) is 1. The lowest BCUT2D eigenvalue weighted by molar-refractivity contribution is -0.119. The molecule has 0 amide bonds. The molecule has 0 fully saturated rings. The number of rotatable bonds is 5. The van der Waals surface area contributed by atoms with Gasteiger partial charge < -0.3 is 10.0 Å². The quantitative estimate of drug-likeness (QED) is 0.876. The maximum atomic E-state index is 12.4. The van der Waals surface area contributed by atoms with Gasteiger partial charge in [-0.25, -0.2) is 0 Å². The second-order valence-corrected chi connectivity index (χ2v) is 4.30. The summed E-state index contributed by atoms with van der Waals surface area (Å²) >= 11 is 0. The standard InChI is InChI=1S/C13H18F3NO/c1-3-8-17(9-13(14,15)16)12-6-4-11(5-7-12)10(2)18/h4-7,10,18H,3,8-9H2,1-2H3. The topological polar surface area (TPSA) is 23.5 Å². The van der Waals surface area contributed by atoms with E-state index in [1.54, 1.807) is 31.2 Å². The second-order valence-electron chi connectivity index (χ2n) is 4.30. The molecule has 102 valence electrons. The molecule has 0 aliphatic rings. The third kappa shape index (κ3) is 4.56. The molecule has 0 aliphatic carbocycles. The van der Waals surface area contributed by atoms with Crippen molar-refractivity contribution in [3.63, 3.8) is 0 Å². The fourth-order valence-electron chi connectivity index (χ4n) is 1.75. The molecule has 0 heterocycles. The van der Waals surface area contributed by atoms with Gasteiger partial charge in [0.15, 0.2) is 0 Å². The zero-order valence-electron chi connectivity index (χ0n) is 10.5. The SMILES string of the molecule is CCCN(CC(F)(F)F)c1ccc(C(C)O)cc1. The summed E-state index contributed by atoms with van der Waals surface area (Å²) < 4.78 is 37.3. The highest BCUT2D eigenvalue weighted by Crippen LogP contribution is 2.24. The number of halogens is 3. The number of aliphatic hydroxyl groups is 1. The van der Waals surface area contributed by atoms with E-state index in [4.69, 9.17) is 0 Å². The number of benzene rings is 1. The minimum Gasteiger partial charge on any atom is -0.389 e. The minimum atomic E-state index is -4.21. The predicted octanol–water partition coefficient (Wildman–Crippen LogP) is 3.52. The van der Waals surface area contributed by atoms with E-state index in [1.807, 2.05) is 6.92 Å². The van der Waals surface area contributed by atoms with E-state index in [9.17, 15) is 18.3 Å². The van der Waals surface area contributed by atoms with Gasteiger partial charge in [0.2, 0.25) is 0 Å². The molecule has 1 unspecified atom stereocenters. The van der Waals surface area contributed by atoms with Gasteiger partial charge in [0, 0.05) is 12.2 Å². The van der Waals surface area contributed by atoms with E-state index in [2.05, 4.69) is 0 Å². The maximum absolute atomic E-state index is 12.4. The van der Waals surface area contributed by atoms with Crippen molar-refractivity contribution in [1.82, 2.24) is 0 Å². The third-order valence-electron chi connectivity index (χ3n) is 2.60. The summed E-state index contributed by atoms with van der Waals surface area (Å²) in [6.07, 6.45) is -4.17. The minimum absolute atomic E-state index is 0.355. The van der Waals surface area contributed by atoms with Crippen LogP contribution in [0.2, 0.25) is 0 Å². The van der Waals surface area contributed by atoms with Crippen LogP contribution in [0.1, 0.15) is 31.9 Å². The maximum Gasteiger partial charge on any atom is 0.405 e. The van der Waals surface area contributed by atoms with Crippen LogP contribution in [0.3, 0.4) is 0 Å². The van der Waals surface area contributed by atoms with Crippen LogP contribution in [-0.4, -0.2) is 24.4 Å². The van der Waals surface area contributed by atoms with Gasteiger partial charge in [0.1, 0.15) is 6.54 Å². The van der Waals surface area contributed by atoms with Crippen LogP contribution in [0.15, 0.2) is 24.3 Å². The lowest BCUT2D eigenvalue weighted by atomic mass is 10.1. The first kappa shape index (κ1) is 14.8. The molecule has 2 nitrogen and oxygen atoms in total. The number of aliphatic hydroxyl groups excluding tert-OH is 1. The highest BCUT2D eigenvalue weighted by atomic mass is 19.4. The van der Waals surface area contributed by atoms with Gasteiger partial charge in [-0.2, -0.15) is 13.2 Å². The predicted molar refractivity (Wildman–Crippen MR) is 65.6 cm³/mol. The molecule has 0 bridgehead atoms. The third-order valence-corrected chi connectivity index (χ3v) is 2.60. The molecule has 0 spiro atoms. The zero-order chi connectivity index (χ0) is 13.8. The molecule has 1 N–H and O–H groups in total. The Morgan fingerprint density at radius 2 is 1.78 bits per heavy atom. The van der Waals surface area contributed by atoms with E-state index < -0.39 is 18.8 Å². The fourth-order valence-corrected chi connectivity index (χ4v) is 1.75. The Labute approximate surface area is 105 Å². The smallest absolute Gasteiger partial charge is 0.389 e. The summed E-state index contributed by atoms with van der Waals surface area (Å²) in [4.78, 5) is 1.30. The molecule has 5 heteroatoms. The van der Waals surface area contributed by atoms with Crippen LogP contribution < -0.4 is 4.90 Å². The summed E-state index contributed by atoms with van der Waals surface area (Å²) in [5.41, 5.74) is 1.22. The number of hydrogen-bond acceptors (Lipinski definition) is 2. The summed E-state index contributed by atoms with van der Waals surface area (Å²) in [6, 6.07) is 6.53. The largest absolute Gasteiger partial charge is 0.405 e. The molecule has 1 atom stereocenters. The summed E-state index contributed by atoms with van der Waals surface area (Å²) in [5, 5.41) is 9.35. The molecule has 0 saturated carbocycles. The van der Waals surface area contributed by atoms with E-state index in [1.165, 1.54) is 4.90 Å². The molecular weight excluding hydrogens is 243 g/mol. The molecule has 18 heavy (non-hydrogen) atoms. The molecule has 0 aromatic heterocycles. The van der Waals surface area contributed by atoms with Crippen molar-refractivity contribution in [2.24, 2.45) is 0 Å². The average Bonchev–Trinajstić information content (AvgIpc) is 2.27. The van der Waals surface area contributed by atoms with Crippen molar-refractivity contribution in [3.05, 3.63) is 29.8 Å². The van der Waals surface area contributed by atoms with Crippen LogP contribution >= 0.6 is 0 Å². The molecule has 0 saturated heterocycles. The van der Waals surface area contributed by atoms with Crippen LogP contribution in [0, 0.1) is 0 Å². The van der Waals surface area contributed by atoms with Crippen molar-refractivity contribution >= 4 is 5.69 Å². The van der Waals surface area contributed by atoms with Crippen LogP contribution in [0.5, 0.6) is 0 Å². The first-order valence-corrected chi connectivity index (χ1v) is 5.93. The van der Waals surface area contributed by atoms with Crippen molar-refractivity contribution in [2.75, 3.05) is 18.0 Å². The van der Waals surface area contributed by atoms with Crippen molar-refractivity contribution < 1.29 is 18.3 Å². The van der Waals surface area contributed by atoms with Crippen LogP contribution in [0.25, 0.3) is 0 Å². The fraction of sp³-hybridized carbons (Fsp3) is 0.538. The van der Waals surface area contributed by atoms with Crippen LogP contribution in [0.4, 0.5) is 18.9 Å². The molecule has 0 aliphatic heterocycles. The number of alkyl halides is 3. The van der Waals surface area contributed by atoms with E-state index in [0.717, 1.165) is 0 Å². The molecule has 1 aromatic rings. The molecule has 0 radical (unpaired) electrons. The molecule has 1 aromatic carbocycles. The van der Waals surface area contributed by atoms with Crippen molar-refractivity contribution in [1.29, 1.82) is 0 Å². The second kappa shape index (κ2) is 6.09. The Bertz CT molecular complexity index is 359. The first-order valence-electron chi connectivity index (χ1n) is 5.93. The summed E-state index contributed by atoms with van der Waals surface area (Å²) in [6.45, 7) is 2.87. The monoisotopic (exact) mass is 261 g/mol. The van der Waals surface area contributed by atoms with Crippen LogP contribution in [-0.2, 0) is 0 Å². The lowest BCUT2D eigenvalue weighted by Crippen LogP contribution is -2.34. The summed E-state index contributed by atoms with van der Waals surface area (Å²) in [5.74, 6) is 0. The Kier molecular flexibility index (Phi) is 5.02. The van der Waals surface area contributed by atoms with E-state index >= 15 is 0 Å². The Hall–Kier alpha value is -1.23. The van der Waals surface area contributed by atoms with Gasteiger partial charge in [0.25, 0.3) is 0 Å². The van der Waals surface area contributed by atoms with Gasteiger partial charge >= 0.3 is 6.18 Å². The number of hydrogen-bond donors (Lipinski definition) is 1. The van der Waals surface area contributed by atoms with Gasteiger partial charge in [0.05, 0.1) is 6.10 Å². The molecule has 1 rings (SSSR count).